The molecule has 2 aliphatic heterocycles. The highest BCUT2D eigenvalue weighted by Crippen LogP contribution is 2.42. The molecule has 2 heterocycles. The Kier molecular flexibility index (Phi) is 9.14. The number of hydrogen-bond acceptors (Lipinski definition) is 4. The van der Waals surface area contributed by atoms with E-state index in [2.05, 4.69) is 4.90 Å². The van der Waals surface area contributed by atoms with Crippen molar-refractivity contribution in [3.05, 3.63) is 137 Å². The van der Waals surface area contributed by atoms with E-state index in [0.717, 1.165) is 43.6 Å². The zero-order chi connectivity index (χ0) is 33.2. The number of nitrogens with zero attached hydrogens (tertiary/aromatic N) is 3. The molecule has 1 saturated heterocycles. The average molecular weight is 648 g/mol. The van der Waals surface area contributed by atoms with Gasteiger partial charge in [0.1, 0.15) is 23.2 Å². The van der Waals surface area contributed by atoms with Gasteiger partial charge in [-0.25, -0.2) is 13.8 Å². The minimum atomic E-state index is -4.35. The summed E-state index contributed by atoms with van der Waals surface area (Å²) in [5.41, 5.74) is 0.358. The van der Waals surface area contributed by atoms with Crippen LogP contribution in [0, 0.1) is 11.6 Å². The van der Waals surface area contributed by atoms with Gasteiger partial charge in [0, 0.05) is 12.1 Å². The normalized spacial score (nSPS) is 17.2. The number of aliphatic imine (C=N–C) groups is 1. The molecule has 10 heteroatoms. The van der Waals surface area contributed by atoms with Crippen molar-refractivity contribution in [2.24, 2.45) is 4.99 Å². The van der Waals surface area contributed by atoms with Crippen LogP contribution in [-0.2, 0) is 16.5 Å². The van der Waals surface area contributed by atoms with Crippen LogP contribution in [0.15, 0.2) is 102 Å². The number of likely N-dealkylation sites (tertiary alicyclic amines) is 1. The van der Waals surface area contributed by atoms with E-state index < -0.39 is 28.9 Å². The summed E-state index contributed by atoms with van der Waals surface area (Å²) in [6.07, 6.45) is -2.07. The number of hydrogen-bond donors (Lipinski definition) is 0. The van der Waals surface area contributed by atoms with Crippen LogP contribution in [0.2, 0.25) is 0 Å². The number of rotatable bonds is 9. The number of ether oxygens (including phenoxy) is 1. The van der Waals surface area contributed by atoms with Crippen molar-refractivity contribution in [2.75, 3.05) is 33.3 Å². The monoisotopic (exact) mass is 647 g/mol. The summed E-state index contributed by atoms with van der Waals surface area (Å²) in [6, 6.07) is 24.0. The molecule has 1 amide bonds. The second-order valence-electron chi connectivity index (χ2n) is 11.9. The van der Waals surface area contributed by atoms with Gasteiger partial charge in [0.2, 0.25) is 0 Å². The molecule has 6 rings (SSSR count). The van der Waals surface area contributed by atoms with Crippen LogP contribution in [0.1, 0.15) is 53.0 Å². The van der Waals surface area contributed by atoms with Gasteiger partial charge in [-0.15, -0.1) is 0 Å². The molecule has 5 nitrogen and oxygen atoms in total. The zero-order valence-electron chi connectivity index (χ0n) is 25.8. The number of alkyl halides is 3. The van der Waals surface area contributed by atoms with Gasteiger partial charge in [0.05, 0.1) is 12.7 Å². The number of piperidine rings is 1. The highest BCUT2D eigenvalue weighted by Gasteiger charge is 2.51. The standard InChI is InChI=1S/C37H34F5N3O2/c1-47-33-17-5-27(6-18-33)34-43-36(28-9-13-31(38)14-10-28,29-11-15-32(39)16-12-29)35(46)45(34)22-2-21-44-23-19-26(20-24-44)25-3-7-30(8-4-25)37(40,41)42/h3-18,26H,2,19-24H2,1H3. The van der Waals surface area contributed by atoms with E-state index in [1.807, 2.05) is 12.1 Å². The fraction of sp³-hybridized carbons (Fsp3) is 0.297. The van der Waals surface area contributed by atoms with E-state index in [1.165, 1.54) is 48.5 Å². The quantitative estimate of drug-likeness (QED) is 0.174. The molecular formula is C37H34F5N3O2. The maximum absolute atomic E-state index is 14.6. The van der Waals surface area contributed by atoms with Crippen molar-refractivity contribution in [3.63, 3.8) is 0 Å². The van der Waals surface area contributed by atoms with Gasteiger partial charge in [0.25, 0.3) is 5.91 Å². The highest BCUT2D eigenvalue weighted by atomic mass is 19.4. The number of amides is 1. The minimum Gasteiger partial charge on any atom is -0.497 e. The third kappa shape index (κ3) is 6.65. The molecule has 0 unspecified atom stereocenters. The van der Waals surface area contributed by atoms with Crippen LogP contribution in [0.25, 0.3) is 0 Å². The Bertz CT molecular complexity index is 1670. The van der Waals surface area contributed by atoms with Gasteiger partial charge in [-0.05, 0) is 122 Å². The molecule has 1 fully saturated rings. The summed E-state index contributed by atoms with van der Waals surface area (Å²) in [4.78, 5) is 23.6. The smallest absolute Gasteiger partial charge is 0.416 e. The molecule has 0 aliphatic carbocycles. The van der Waals surface area contributed by atoms with Crippen LogP contribution in [0.4, 0.5) is 22.0 Å². The van der Waals surface area contributed by atoms with Gasteiger partial charge in [-0.1, -0.05) is 36.4 Å². The Morgan fingerprint density at radius 3 is 1.85 bits per heavy atom. The first-order chi connectivity index (χ1) is 22.6. The van der Waals surface area contributed by atoms with Crippen LogP contribution < -0.4 is 4.74 Å². The van der Waals surface area contributed by atoms with Crippen LogP contribution in [0.3, 0.4) is 0 Å². The molecular weight excluding hydrogens is 613 g/mol. The van der Waals surface area contributed by atoms with Crippen molar-refractivity contribution in [1.82, 2.24) is 9.80 Å². The van der Waals surface area contributed by atoms with E-state index in [-0.39, 0.29) is 11.8 Å². The average Bonchev–Trinajstić information content (AvgIpc) is 3.37. The van der Waals surface area contributed by atoms with Gasteiger partial charge < -0.3 is 9.64 Å². The van der Waals surface area contributed by atoms with Crippen molar-refractivity contribution in [2.45, 2.75) is 36.9 Å². The molecule has 0 N–H and O–H groups in total. The lowest BCUT2D eigenvalue weighted by Gasteiger charge is -2.33. The van der Waals surface area contributed by atoms with E-state index in [9.17, 15) is 26.7 Å². The van der Waals surface area contributed by atoms with Crippen LogP contribution >= 0.6 is 0 Å². The predicted molar refractivity (Wildman–Crippen MR) is 169 cm³/mol. The van der Waals surface area contributed by atoms with Crippen molar-refractivity contribution < 1.29 is 31.5 Å². The number of benzene rings is 4. The maximum Gasteiger partial charge on any atom is 0.416 e. The Morgan fingerprint density at radius 1 is 0.787 bits per heavy atom. The zero-order valence-corrected chi connectivity index (χ0v) is 25.8. The number of carbonyl (C=O) groups is 1. The van der Waals surface area contributed by atoms with Crippen molar-refractivity contribution >= 4 is 11.7 Å². The lowest BCUT2D eigenvalue weighted by atomic mass is 9.82. The number of amidine groups is 1. The summed E-state index contributed by atoms with van der Waals surface area (Å²) in [5, 5.41) is 0. The lowest BCUT2D eigenvalue weighted by molar-refractivity contribution is -0.137. The third-order valence-electron chi connectivity index (χ3n) is 9.11. The molecule has 0 spiro atoms. The van der Waals surface area contributed by atoms with Gasteiger partial charge in [0.15, 0.2) is 5.54 Å². The summed E-state index contributed by atoms with van der Waals surface area (Å²) in [7, 11) is 1.57. The van der Waals surface area contributed by atoms with Crippen molar-refractivity contribution in [3.8, 4) is 5.75 Å². The Labute approximate surface area is 270 Å². The second-order valence-corrected chi connectivity index (χ2v) is 11.9. The fourth-order valence-electron chi connectivity index (χ4n) is 6.54. The topological polar surface area (TPSA) is 45.1 Å². The number of halogens is 5. The Balaban J connectivity index is 1.21. The lowest BCUT2D eigenvalue weighted by Crippen LogP contribution is -2.43. The molecule has 4 aromatic rings. The Hall–Kier alpha value is -4.57. The Morgan fingerprint density at radius 2 is 1.34 bits per heavy atom. The van der Waals surface area contributed by atoms with Gasteiger partial charge in [-0.3, -0.25) is 9.69 Å². The van der Waals surface area contributed by atoms with Gasteiger partial charge in [-0.2, -0.15) is 13.2 Å². The van der Waals surface area contributed by atoms with E-state index in [4.69, 9.17) is 9.73 Å². The largest absolute Gasteiger partial charge is 0.497 e. The van der Waals surface area contributed by atoms with Crippen LogP contribution in [-0.4, -0.2) is 54.8 Å². The molecule has 2 aliphatic rings. The van der Waals surface area contributed by atoms with Crippen LogP contribution in [0.5, 0.6) is 5.75 Å². The summed E-state index contributed by atoms with van der Waals surface area (Å²) < 4.78 is 72.4. The first-order valence-corrected chi connectivity index (χ1v) is 15.6. The highest BCUT2D eigenvalue weighted by molar-refractivity contribution is 6.16. The first kappa shape index (κ1) is 32.4. The molecule has 0 aromatic heterocycles. The fourth-order valence-corrected chi connectivity index (χ4v) is 6.54. The van der Waals surface area contributed by atoms with E-state index in [1.54, 1.807) is 36.3 Å². The summed E-state index contributed by atoms with van der Waals surface area (Å²) in [6.45, 7) is 2.63. The molecule has 47 heavy (non-hydrogen) atoms. The molecule has 0 atom stereocenters. The van der Waals surface area contributed by atoms with E-state index >= 15 is 0 Å². The van der Waals surface area contributed by atoms with Crippen molar-refractivity contribution in [1.29, 1.82) is 0 Å². The van der Waals surface area contributed by atoms with Gasteiger partial charge >= 0.3 is 6.18 Å². The second kappa shape index (κ2) is 13.3. The number of methoxy groups -OCH3 is 1. The molecule has 0 saturated carbocycles. The summed E-state index contributed by atoms with van der Waals surface area (Å²) >= 11 is 0. The molecule has 4 aromatic carbocycles. The maximum atomic E-state index is 14.6. The SMILES string of the molecule is COc1ccc(C2=NC(c3ccc(F)cc3)(c3ccc(F)cc3)C(=O)N2CCCN2CCC(c3ccc(C(F)(F)F)cc3)CC2)cc1. The first-order valence-electron chi connectivity index (χ1n) is 15.6. The molecule has 0 bridgehead atoms. The minimum absolute atomic E-state index is 0.189. The number of carbonyl (C=O) groups excluding carboxylic acids is 1. The predicted octanol–water partition coefficient (Wildman–Crippen LogP) is 7.79. The van der Waals surface area contributed by atoms with E-state index in [0.29, 0.717) is 47.8 Å². The third-order valence-corrected chi connectivity index (χ3v) is 9.11. The summed E-state index contributed by atoms with van der Waals surface area (Å²) in [5.74, 6) is 0.0659. The molecule has 244 valence electrons. The molecule has 0 radical (unpaired) electrons.